The molecule has 0 saturated heterocycles. The average Bonchev–Trinajstić information content (AvgIpc) is 2.73. The van der Waals surface area contributed by atoms with Crippen molar-refractivity contribution in [2.75, 3.05) is 13.6 Å². The second kappa shape index (κ2) is 4.94. The predicted molar refractivity (Wildman–Crippen MR) is 66.3 cm³/mol. The number of hydrogen-bond donors (Lipinski definition) is 1. The van der Waals surface area contributed by atoms with E-state index in [0.717, 1.165) is 18.7 Å². The molecule has 0 atom stereocenters. The molecule has 2 rings (SSSR count). The molecular formula is C13H17N3. The first-order chi connectivity index (χ1) is 7.81. The van der Waals surface area contributed by atoms with Gasteiger partial charge in [-0.3, -0.25) is 0 Å². The Hall–Kier alpha value is -1.61. The van der Waals surface area contributed by atoms with Crippen LogP contribution >= 0.6 is 0 Å². The molecule has 0 radical (unpaired) electrons. The van der Waals surface area contributed by atoms with Gasteiger partial charge in [-0.05, 0) is 31.6 Å². The molecule has 0 aliphatic rings. The Morgan fingerprint density at radius 3 is 2.94 bits per heavy atom. The van der Waals surface area contributed by atoms with Crippen molar-refractivity contribution in [2.45, 2.75) is 6.42 Å². The van der Waals surface area contributed by atoms with Gasteiger partial charge in [0.05, 0.1) is 18.2 Å². The zero-order valence-corrected chi connectivity index (χ0v) is 9.77. The Morgan fingerprint density at radius 1 is 1.38 bits per heavy atom. The first kappa shape index (κ1) is 10.9. The molecular weight excluding hydrogens is 198 g/mol. The summed E-state index contributed by atoms with van der Waals surface area (Å²) in [6.07, 6.45) is 4.79. The zero-order chi connectivity index (χ0) is 11.4. The molecule has 2 aromatic rings. The maximum absolute atomic E-state index is 4.14. The summed E-state index contributed by atoms with van der Waals surface area (Å²) in [5.41, 5.74) is 3.74. The molecule has 1 heterocycles. The third-order valence-electron chi connectivity index (χ3n) is 2.70. The Labute approximate surface area is 96.1 Å². The SMILES string of the molecule is CNCCc1cccc(-c2cncn2C)c1. The first-order valence-electron chi connectivity index (χ1n) is 5.51. The predicted octanol–water partition coefficient (Wildman–Crippen LogP) is 1.85. The molecule has 0 spiro atoms. The van der Waals surface area contributed by atoms with Crippen LogP contribution in [-0.2, 0) is 13.5 Å². The first-order valence-corrected chi connectivity index (χ1v) is 5.51. The molecule has 0 saturated carbocycles. The van der Waals surface area contributed by atoms with E-state index in [1.165, 1.54) is 11.1 Å². The summed E-state index contributed by atoms with van der Waals surface area (Å²) < 4.78 is 2.04. The topological polar surface area (TPSA) is 29.9 Å². The van der Waals surface area contributed by atoms with Crippen LogP contribution < -0.4 is 5.32 Å². The number of likely N-dealkylation sites (N-methyl/N-ethyl adjacent to an activating group) is 1. The number of nitrogens with one attached hydrogen (secondary N) is 1. The molecule has 16 heavy (non-hydrogen) atoms. The fourth-order valence-corrected chi connectivity index (χ4v) is 1.79. The summed E-state index contributed by atoms with van der Waals surface area (Å²) in [6.45, 7) is 1.01. The number of benzene rings is 1. The van der Waals surface area contributed by atoms with Crippen LogP contribution in [0.4, 0.5) is 0 Å². The lowest BCUT2D eigenvalue weighted by atomic mass is 10.1. The number of hydrogen-bond acceptors (Lipinski definition) is 2. The molecule has 1 N–H and O–H groups in total. The van der Waals surface area contributed by atoms with Crippen LogP contribution in [0.2, 0.25) is 0 Å². The van der Waals surface area contributed by atoms with Gasteiger partial charge in [-0.25, -0.2) is 4.98 Å². The van der Waals surface area contributed by atoms with Gasteiger partial charge >= 0.3 is 0 Å². The fraction of sp³-hybridized carbons (Fsp3) is 0.308. The molecule has 0 fully saturated rings. The van der Waals surface area contributed by atoms with Crippen molar-refractivity contribution < 1.29 is 0 Å². The quantitative estimate of drug-likeness (QED) is 0.843. The third kappa shape index (κ3) is 2.31. The summed E-state index contributed by atoms with van der Waals surface area (Å²) in [7, 11) is 3.99. The molecule has 0 bridgehead atoms. The van der Waals surface area contributed by atoms with Crippen LogP contribution in [0.25, 0.3) is 11.3 Å². The van der Waals surface area contributed by atoms with E-state index in [4.69, 9.17) is 0 Å². The molecule has 3 heteroatoms. The third-order valence-corrected chi connectivity index (χ3v) is 2.70. The van der Waals surface area contributed by atoms with Crippen LogP contribution in [0.15, 0.2) is 36.8 Å². The summed E-state index contributed by atoms with van der Waals surface area (Å²) in [6, 6.07) is 8.62. The van der Waals surface area contributed by atoms with Crippen molar-refractivity contribution >= 4 is 0 Å². The minimum absolute atomic E-state index is 1.01. The summed E-state index contributed by atoms with van der Waals surface area (Å²) in [5, 5.41) is 3.16. The van der Waals surface area contributed by atoms with Gasteiger partial charge < -0.3 is 9.88 Å². The van der Waals surface area contributed by atoms with Crippen molar-refractivity contribution in [3.05, 3.63) is 42.4 Å². The molecule has 3 nitrogen and oxygen atoms in total. The van der Waals surface area contributed by atoms with Gasteiger partial charge in [-0.2, -0.15) is 0 Å². The van der Waals surface area contributed by atoms with Crippen LogP contribution in [0, 0.1) is 0 Å². The van der Waals surface area contributed by atoms with E-state index in [2.05, 4.69) is 34.6 Å². The van der Waals surface area contributed by atoms with Gasteiger partial charge in [0.25, 0.3) is 0 Å². The Bertz CT molecular complexity index is 460. The highest BCUT2D eigenvalue weighted by molar-refractivity contribution is 5.59. The second-order valence-electron chi connectivity index (χ2n) is 3.94. The molecule has 0 aliphatic heterocycles. The molecule has 1 aromatic carbocycles. The van der Waals surface area contributed by atoms with Crippen LogP contribution in [0.3, 0.4) is 0 Å². The van der Waals surface area contributed by atoms with Crippen molar-refractivity contribution in [3.63, 3.8) is 0 Å². The molecule has 0 unspecified atom stereocenters. The van der Waals surface area contributed by atoms with Crippen LogP contribution in [0.5, 0.6) is 0 Å². The van der Waals surface area contributed by atoms with E-state index in [9.17, 15) is 0 Å². The summed E-state index contributed by atoms with van der Waals surface area (Å²) in [5.74, 6) is 0. The Morgan fingerprint density at radius 2 is 2.25 bits per heavy atom. The van der Waals surface area contributed by atoms with Gasteiger partial charge in [-0.15, -0.1) is 0 Å². The van der Waals surface area contributed by atoms with Crippen molar-refractivity contribution in [1.82, 2.24) is 14.9 Å². The van der Waals surface area contributed by atoms with E-state index in [1.54, 1.807) is 0 Å². The van der Waals surface area contributed by atoms with E-state index in [1.807, 2.05) is 31.2 Å². The smallest absolute Gasteiger partial charge is 0.0948 e. The maximum Gasteiger partial charge on any atom is 0.0948 e. The average molecular weight is 215 g/mol. The Balaban J connectivity index is 2.26. The lowest BCUT2D eigenvalue weighted by Crippen LogP contribution is -2.10. The minimum Gasteiger partial charge on any atom is -0.334 e. The molecule has 84 valence electrons. The van der Waals surface area contributed by atoms with Gasteiger partial charge in [0.2, 0.25) is 0 Å². The van der Waals surface area contributed by atoms with Gasteiger partial charge in [0, 0.05) is 12.6 Å². The fourth-order valence-electron chi connectivity index (χ4n) is 1.79. The number of rotatable bonds is 4. The minimum atomic E-state index is 1.01. The highest BCUT2D eigenvalue weighted by atomic mass is 15.0. The van der Waals surface area contributed by atoms with Crippen molar-refractivity contribution in [2.24, 2.45) is 7.05 Å². The van der Waals surface area contributed by atoms with E-state index < -0.39 is 0 Å². The molecule has 0 amide bonds. The highest BCUT2D eigenvalue weighted by Crippen LogP contribution is 2.19. The lowest BCUT2D eigenvalue weighted by Gasteiger charge is -2.05. The molecule has 1 aromatic heterocycles. The van der Waals surface area contributed by atoms with Crippen LogP contribution in [0.1, 0.15) is 5.56 Å². The highest BCUT2D eigenvalue weighted by Gasteiger charge is 2.02. The van der Waals surface area contributed by atoms with Crippen LogP contribution in [-0.4, -0.2) is 23.1 Å². The molecule has 0 aliphatic carbocycles. The van der Waals surface area contributed by atoms with Gasteiger partial charge in [-0.1, -0.05) is 18.2 Å². The number of aryl methyl sites for hydroxylation is 1. The van der Waals surface area contributed by atoms with Gasteiger partial charge in [0.1, 0.15) is 0 Å². The standard InChI is InChI=1S/C13H17N3/c1-14-7-6-11-4-3-5-12(8-11)13-9-15-10-16(13)2/h3-5,8-10,14H,6-7H2,1-2H3. The second-order valence-corrected chi connectivity index (χ2v) is 3.94. The Kier molecular flexibility index (Phi) is 3.37. The number of aromatic nitrogens is 2. The normalized spacial score (nSPS) is 10.6. The van der Waals surface area contributed by atoms with E-state index in [-0.39, 0.29) is 0 Å². The summed E-state index contributed by atoms with van der Waals surface area (Å²) >= 11 is 0. The zero-order valence-electron chi connectivity index (χ0n) is 9.77. The van der Waals surface area contributed by atoms with Gasteiger partial charge in [0.15, 0.2) is 0 Å². The number of nitrogens with zero attached hydrogens (tertiary/aromatic N) is 2. The van der Waals surface area contributed by atoms with Crippen molar-refractivity contribution in [3.8, 4) is 11.3 Å². The van der Waals surface area contributed by atoms with E-state index in [0.29, 0.717) is 0 Å². The maximum atomic E-state index is 4.14. The monoisotopic (exact) mass is 215 g/mol. The van der Waals surface area contributed by atoms with E-state index >= 15 is 0 Å². The van der Waals surface area contributed by atoms with Crippen molar-refractivity contribution in [1.29, 1.82) is 0 Å². The number of imidazole rings is 1. The summed E-state index contributed by atoms with van der Waals surface area (Å²) in [4.78, 5) is 4.14. The largest absolute Gasteiger partial charge is 0.334 e. The lowest BCUT2D eigenvalue weighted by molar-refractivity contribution is 0.792.